The van der Waals surface area contributed by atoms with Crippen LogP contribution in [0.5, 0.6) is 0 Å². The van der Waals surface area contributed by atoms with E-state index >= 15 is 0 Å². The van der Waals surface area contributed by atoms with Gasteiger partial charge < -0.3 is 10.2 Å². The third kappa shape index (κ3) is 4.14. The van der Waals surface area contributed by atoms with Gasteiger partial charge in [0, 0.05) is 17.1 Å². The van der Waals surface area contributed by atoms with E-state index in [-0.39, 0.29) is 19.1 Å². The molecule has 0 radical (unpaired) electrons. The summed E-state index contributed by atoms with van der Waals surface area (Å²) in [5.74, 6) is -0.330. The Morgan fingerprint density at radius 2 is 2.06 bits per heavy atom. The van der Waals surface area contributed by atoms with Gasteiger partial charge in [0.2, 0.25) is 0 Å². The fourth-order valence-corrected chi connectivity index (χ4v) is 1.11. The average Bonchev–Trinajstić information content (AvgIpc) is 2.25. The van der Waals surface area contributed by atoms with Crippen LogP contribution in [0.3, 0.4) is 0 Å². The second-order valence-electron chi connectivity index (χ2n) is 2.82. The summed E-state index contributed by atoms with van der Waals surface area (Å²) < 4.78 is 0. The summed E-state index contributed by atoms with van der Waals surface area (Å²) in [7, 11) is 0. The van der Waals surface area contributed by atoms with Crippen LogP contribution >= 0.6 is 11.6 Å². The van der Waals surface area contributed by atoms with E-state index in [1.165, 1.54) is 0 Å². The Bertz CT molecular complexity index is 380. The highest BCUT2D eigenvalue weighted by Crippen LogP contribution is 2.08. The van der Waals surface area contributed by atoms with Crippen LogP contribution < -0.4 is 5.32 Å². The Labute approximate surface area is 96.3 Å². The summed E-state index contributed by atoms with van der Waals surface area (Å²) in [6.45, 7) is -0.102. The summed E-state index contributed by atoms with van der Waals surface area (Å²) >= 11 is 5.65. The van der Waals surface area contributed by atoms with Crippen molar-refractivity contribution in [3.8, 4) is 0 Å². The van der Waals surface area contributed by atoms with Gasteiger partial charge in [0.1, 0.15) is 6.61 Å². The Hall–Kier alpha value is -1.82. The lowest BCUT2D eigenvalue weighted by Crippen LogP contribution is -2.27. The molecule has 0 unspecified atom stereocenters. The van der Waals surface area contributed by atoms with E-state index in [1.54, 1.807) is 24.3 Å². The third-order valence-corrected chi connectivity index (χ3v) is 1.94. The predicted molar refractivity (Wildman–Crippen MR) is 56.7 cm³/mol. The lowest BCUT2D eigenvalue weighted by atomic mass is 10.2. The van der Waals surface area contributed by atoms with E-state index in [0.29, 0.717) is 10.6 Å². The molecule has 16 heavy (non-hydrogen) atoms. The van der Waals surface area contributed by atoms with Gasteiger partial charge in [-0.3, -0.25) is 4.79 Å². The summed E-state index contributed by atoms with van der Waals surface area (Å²) in [5, 5.41) is 11.9. The van der Waals surface area contributed by atoms with Crippen LogP contribution in [-0.4, -0.2) is 24.1 Å². The second kappa shape index (κ2) is 5.92. The van der Waals surface area contributed by atoms with Crippen molar-refractivity contribution < 1.29 is 14.7 Å². The molecule has 1 aromatic carbocycles. The summed E-state index contributed by atoms with van der Waals surface area (Å²) in [6, 6.07) is 6.30. The van der Waals surface area contributed by atoms with Crippen LogP contribution in [-0.2, 0) is 4.84 Å². The van der Waals surface area contributed by atoms with Crippen molar-refractivity contribution >= 4 is 17.5 Å². The standard InChI is InChI=1S/C9H9ClN2O4/c10-8-3-1-7(2-4-8)9(13)11-5-6-16-12(14)15/h1-4H,5-6H2,(H,11,13). The molecule has 1 amide bonds. The van der Waals surface area contributed by atoms with Gasteiger partial charge in [-0.1, -0.05) is 11.6 Å². The van der Waals surface area contributed by atoms with Gasteiger partial charge in [-0.25, -0.2) is 0 Å². The Balaban J connectivity index is 2.35. The molecule has 0 aliphatic carbocycles. The molecular formula is C9H9ClN2O4. The molecule has 0 aliphatic rings. The van der Waals surface area contributed by atoms with Crippen LogP contribution in [0.25, 0.3) is 0 Å². The highest BCUT2D eigenvalue weighted by molar-refractivity contribution is 6.30. The first-order chi connectivity index (χ1) is 7.59. The summed E-state index contributed by atoms with van der Waals surface area (Å²) in [5.41, 5.74) is 0.436. The van der Waals surface area contributed by atoms with E-state index in [2.05, 4.69) is 10.2 Å². The molecule has 86 valence electrons. The van der Waals surface area contributed by atoms with Crippen LogP contribution in [0, 0.1) is 10.1 Å². The molecule has 0 spiro atoms. The monoisotopic (exact) mass is 244 g/mol. The molecule has 0 aromatic heterocycles. The minimum absolute atomic E-state index is 0.0719. The molecule has 0 heterocycles. The van der Waals surface area contributed by atoms with Crippen LogP contribution in [0.15, 0.2) is 24.3 Å². The molecule has 0 aliphatic heterocycles. The fourth-order valence-electron chi connectivity index (χ4n) is 0.988. The Kier molecular flexibility index (Phi) is 4.53. The van der Waals surface area contributed by atoms with Gasteiger partial charge >= 0.3 is 0 Å². The number of benzene rings is 1. The number of hydrogen-bond donors (Lipinski definition) is 1. The van der Waals surface area contributed by atoms with Crippen molar-refractivity contribution in [1.29, 1.82) is 0 Å². The number of nitrogens with one attached hydrogen (secondary N) is 1. The van der Waals surface area contributed by atoms with Crippen LogP contribution in [0.4, 0.5) is 0 Å². The van der Waals surface area contributed by atoms with Gasteiger partial charge in [0.25, 0.3) is 11.0 Å². The zero-order valence-corrected chi connectivity index (χ0v) is 8.94. The lowest BCUT2D eigenvalue weighted by molar-refractivity contribution is -0.757. The summed E-state index contributed by atoms with van der Waals surface area (Å²) in [4.78, 5) is 25.3. The maximum atomic E-state index is 11.4. The Morgan fingerprint density at radius 3 is 2.62 bits per heavy atom. The van der Waals surface area contributed by atoms with Crippen LogP contribution in [0.2, 0.25) is 5.02 Å². The maximum absolute atomic E-state index is 11.4. The average molecular weight is 245 g/mol. The van der Waals surface area contributed by atoms with Gasteiger partial charge in [-0.2, -0.15) is 0 Å². The van der Waals surface area contributed by atoms with Gasteiger partial charge in [-0.15, -0.1) is 10.1 Å². The minimum atomic E-state index is -0.908. The largest absolute Gasteiger partial charge is 0.350 e. The highest BCUT2D eigenvalue weighted by atomic mass is 35.5. The molecule has 0 bridgehead atoms. The van der Waals surface area contributed by atoms with Gasteiger partial charge in [0.15, 0.2) is 0 Å². The maximum Gasteiger partial charge on any atom is 0.294 e. The number of amides is 1. The van der Waals surface area contributed by atoms with Gasteiger partial charge in [0.05, 0.1) is 0 Å². The minimum Gasteiger partial charge on any atom is -0.350 e. The molecule has 0 fully saturated rings. The zero-order valence-electron chi connectivity index (χ0n) is 8.18. The fraction of sp³-hybridized carbons (Fsp3) is 0.222. The first kappa shape index (κ1) is 12.3. The number of rotatable bonds is 5. The van der Waals surface area contributed by atoms with E-state index in [9.17, 15) is 14.9 Å². The number of halogens is 1. The molecule has 0 atom stereocenters. The first-order valence-corrected chi connectivity index (χ1v) is 4.78. The molecule has 1 aromatic rings. The molecule has 1 rings (SSSR count). The quantitative estimate of drug-likeness (QED) is 0.481. The Morgan fingerprint density at radius 1 is 1.44 bits per heavy atom. The topological polar surface area (TPSA) is 81.5 Å². The number of carbonyl (C=O) groups is 1. The molecule has 6 nitrogen and oxygen atoms in total. The van der Waals surface area contributed by atoms with Gasteiger partial charge in [-0.05, 0) is 24.3 Å². The van der Waals surface area contributed by atoms with E-state index in [1.807, 2.05) is 0 Å². The van der Waals surface area contributed by atoms with E-state index in [4.69, 9.17) is 11.6 Å². The molecule has 1 N–H and O–H groups in total. The number of nitrogens with zero attached hydrogens (tertiary/aromatic N) is 1. The number of hydrogen-bond acceptors (Lipinski definition) is 4. The van der Waals surface area contributed by atoms with Crippen molar-refractivity contribution in [1.82, 2.24) is 5.32 Å². The highest BCUT2D eigenvalue weighted by Gasteiger charge is 2.04. The molecule has 7 heteroatoms. The third-order valence-electron chi connectivity index (χ3n) is 1.69. The normalized spacial score (nSPS) is 9.56. The summed E-state index contributed by atoms with van der Waals surface area (Å²) in [6.07, 6.45) is 0. The smallest absolute Gasteiger partial charge is 0.294 e. The number of carbonyl (C=O) groups excluding carboxylic acids is 1. The molecule has 0 saturated heterocycles. The van der Waals surface area contributed by atoms with Crippen molar-refractivity contribution in [2.24, 2.45) is 0 Å². The molecular weight excluding hydrogens is 236 g/mol. The SMILES string of the molecule is O=C(NCCO[N+](=O)[O-])c1ccc(Cl)cc1. The molecule has 0 saturated carbocycles. The first-order valence-electron chi connectivity index (χ1n) is 4.40. The van der Waals surface area contributed by atoms with Crippen molar-refractivity contribution in [3.05, 3.63) is 45.0 Å². The van der Waals surface area contributed by atoms with Crippen LogP contribution in [0.1, 0.15) is 10.4 Å². The predicted octanol–water partition coefficient (Wildman–Crippen LogP) is 1.28. The zero-order chi connectivity index (χ0) is 12.0. The van der Waals surface area contributed by atoms with Crippen molar-refractivity contribution in [2.45, 2.75) is 0 Å². The van der Waals surface area contributed by atoms with E-state index in [0.717, 1.165) is 0 Å². The van der Waals surface area contributed by atoms with Crippen molar-refractivity contribution in [2.75, 3.05) is 13.2 Å². The second-order valence-corrected chi connectivity index (χ2v) is 3.26. The van der Waals surface area contributed by atoms with E-state index < -0.39 is 5.09 Å². The van der Waals surface area contributed by atoms with Crippen molar-refractivity contribution in [3.63, 3.8) is 0 Å². The lowest BCUT2D eigenvalue weighted by Gasteiger charge is -2.04.